The van der Waals surface area contributed by atoms with Crippen molar-refractivity contribution >= 4 is 11.8 Å². The number of hydrogen-bond donors (Lipinski definition) is 4. The number of carbonyl (C=O) groups is 2. The summed E-state index contributed by atoms with van der Waals surface area (Å²) in [5.74, 6) is -0.230. The number of carbonyl (C=O) groups excluding carboxylic acids is 2. The van der Waals surface area contributed by atoms with E-state index in [2.05, 4.69) is 0 Å². The molecule has 0 saturated carbocycles. The van der Waals surface area contributed by atoms with Gasteiger partial charge < -0.3 is 27.4 Å². The van der Waals surface area contributed by atoms with Gasteiger partial charge in [-0.25, -0.2) is 0 Å². The molecule has 7 heteroatoms. The largest absolute Gasteiger partial charge is 0.463 e. The highest BCUT2D eigenvalue weighted by molar-refractivity contribution is 5.75. The Morgan fingerprint density at radius 1 is 1.00 bits per heavy atom. The van der Waals surface area contributed by atoms with Gasteiger partial charge in [0.2, 0.25) is 11.8 Å². The standard InChI is InChI=1S/C10H16N4O3/c11-5(3-9(13)15)7-1-2-8(17-7)6(12)4-10(14)16/h1-2,5-6H,3-4,11-12H2,(H2,13,15)(H2,14,16). The fraction of sp³-hybridized carbons (Fsp3) is 0.400. The van der Waals surface area contributed by atoms with Gasteiger partial charge in [-0.15, -0.1) is 0 Å². The quantitative estimate of drug-likeness (QED) is 0.504. The third-order valence-corrected chi connectivity index (χ3v) is 2.22. The molecule has 2 atom stereocenters. The third kappa shape index (κ3) is 3.89. The van der Waals surface area contributed by atoms with Gasteiger partial charge in [0.1, 0.15) is 11.5 Å². The van der Waals surface area contributed by atoms with E-state index in [0.29, 0.717) is 11.5 Å². The predicted octanol–water partition coefficient (Wildman–Crippen LogP) is -0.970. The van der Waals surface area contributed by atoms with E-state index in [-0.39, 0.29) is 12.8 Å². The lowest BCUT2D eigenvalue weighted by molar-refractivity contribution is -0.119. The first-order valence-electron chi connectivity index (χ1n) is 5.07. The van der Waals surface area contributed by atoms with E-state index in [0.717, 1.165) is 0 Å². The van der Waals surface area contributed by atoms with E-state index in [1.165, 1.54) is 0 Å². The van der Waals surface area contributed by atoms with Crippen molar-refractivity contribution in [2.45, 2.75) is 24.9 Å². The smallest absolute Gasteiger partial charge is 0.219 e. The van der Waals surface area contributed by atoms with Gasteiger partial charge in [-0.2, -0.15) is 0 Å². The Morgan fingerprint density at radius 2 is 1.35 bits per heavy atom. The molecule has 0 spiro atoms. The zero-order valence-corrected chi connectivity index (χ0v) is 9.26. The zero-order chi connectivity index (χ0) is 13.0. The molecular weight excluding hydrogens is 224 g/mol. The van der Waals surface area contributed by atoms with E-state index in [1.54, 1.807) is 12.1 Å². The lowest BCUT2D eigenvalue weighted by atomic mass is 10.1. The van der Waals surface area contributed by atoms with Crippen molar-refractivity contribution in [2.75, 3.05) is 0 Å². The van der Waals surface area contributed by atoms with E-state index < -0.39 is 23.9 Å². The van der Waals surface area contributed by atoms with Gasteiger partial charge in [-0.3, -0.25) is 9.59 Å². The summed E-state index contributed by atoms with van der Waals surface area (Å²) < 4.78 is 5.34. The average molecular weight is 240 g/mol. The van der Waals surface area contributed by atoms with E-state index in [4.69, 9.17) is 27.4 Å². The number of hydrogen-bond acceptors (Lipinski definition) is 5. The third-order valence-electron chi connectivity index (χ3n) is 2.22. The van der Waals surface area contributed by atoms with Gasteiger partial charge in [-0.05, 0) is 12.1 Å². The number of primary amides is 2. The van der Waals surface area contributed by atoms with Crippen LogP contribution in [0, 0.1) is 0 Å². The minimum Gasteiger partial charge on any atom is -0.463 e. The predicted molar refractivity (Wildman–Crippen MR) is 60.2 cm³/mol. The molecule has 0 radical (unpaired) electrons. The van der Waals surface area contributed by atoms with Gasteiger partial charge in [0.25, 0.3) is 0 Å². The zero-order valence-electron chi connectivity index (χ0n) is 9.26. The summed E-state index contributed by atoms with van der Waals surface area (Å²) in [6, 6.07) is 1.98. The van der Waals surface area contributed by atoms with Gasteiger partial charge in [0, 0.05) is 12.8 Å². The highest BCUT2D eigenvalue weighted by atomic mass is 16.3. The number of rotatable bonds is 6. The first-order chi connectivity index (χ1) is 7.90. The van der Waals surface area contributed by atoms with Gasteiger partial charge in [-0.1, -0.05) is 0 Å². The second-order valence-electron chi connectivity index (χ2n) is 3.79. The summed E-state index contributed by atoms with van der Waals surface area (Å²) in [4.78, 5) is 21.4. The van der Waals surface area contributed by atoms with E-state index in [9.17, 15) is 9.59 Å². The van der Waals surface area contributed by atoms with Crippen molar-refractivity contribution in [2.24, 2.45) is 22.9 Å². The molecule has 1 rings (SSSR count). The normalized spacial score (nSPS) is 14.2. The molecule has 7 nitrogen and oxygen atoms in total. The Balaban J connectivity index is 2.70. The van der Waals surface area contributed by atoms with Crippen LogP contribution < -0.4 is 22.9 Å². The summed E-state index contributed by atoms with van der Waals surface area (Å²) in [5.41, 5.74) is 21.4. The highest BCUT2D eigenvalue weighted by Gasteiger charge is 2.17. The van der Waals surface area contributed by atoms with E-state index >= 15 is 0 Å². The lowest BCUT2D eigenvalue weighted by Gasteiger charge is -2.08. The van der Waals surface area contributed by atoms with Crippen LogP contribution in [0.5, 0.6) is 0 Å². The Labute approximate surface area is 98.1 Å². The molecule has 2 amide bonds. The summed E-state index contributed by atoms with van der Waals surface area (Å²) in [7, 11) is 0. The molecule has 0 aromatic carbocycles. The van der Waals surface area contributed by atoms with Crippen molar-refractivity contribution in [1.29, 1.82) is 0 Å². The number of amides is 2. The minimum atomic E-state index is -0.609. The molecule has 0 fully saturated rings. The van der Waals surface area contributed by atoms with Crippen LogP contribution >= 0.6 is 0 Å². The van der Waals surface area contributed by atoms with Crippen LogP contribution in [-0.4, -0.2) is 11.8 Å². The average Bonchev–Trinajstić information content (AvgIpc) is 2.63. The maximum absolute atomic E-state index is 10.7. The fourth-order valence-electron chi connectivity index (χ4n) is 1.40. The van der Waals surface area contributed by atoms with Crippen molar-refractivity contribution in [1.82, 2.24) is 0 Å². The Morgan fingerprint density at radius 3 is 1.65 bits per heavy atom. The van der Waals surface area contributed by atoms with Gasteiger partial charge >= 0.3 is 0 Å². The van der Waals surface area contributed by atoms with Crippen LogP contribution in [0.2, 0.25) is 0 Å². The van der Waals surface area contributed by atoms with Gasteiger partial charge in [0.15, 0.2) is 0 Å². The molecule has 0 aliphatic carbocycles. The molecule has 0 aliphatic heterocycles. The Kier molecular flexibility index (Phi) is 4.24. The van der Waals surface area contributed by atoms with Crippen molar-refractivity contribution in [3.05, 3.63) is 23.7 Å². The molecule has 0 aliphatic rings. The molecule has 17 heavy (non-hydrogen) atoms. The fourth-order valence-corrected chi connectivity index (χ4v) is 1.40. The summed E-state index contributed by atoms with van der Waals surface area (Å²) >= 11 is 0. The van der Waals surface area contributed by atoms with Crippen molar-refractivity contribution < 1.29 is 14.0 Å². The van der Waals surface area contributed by atoms with Crippen LogP contribution in [0.1, 0.15) is 36.4 Å². The topological polar surface area (TPSA) is 151 Å². The number of nitrogens with two attached hydrogens (primary N) is 4. The van der Waals surface area contributed by atoms with Crippen molar-refractivity contribution in [3.8, 4) is 0 Å². The Bertz CT molecular complexity index is 379. The number of furan rings is 1. The van der Waals surface area contributed by atoms with Crippen LogP contribution in [0.4, 0.5) is 0 Å². The highest BCUT2D eigenvalue weighted by Crippen LogP contribution is 2.22. The molecule has 1 aromatic heterocycles. The second kappa shape index (κ2) is 5.46. The summed E-state index contributed by atoms with van der Waals surface area (Å²) in [6.45, 7) is 0. The molecule has 0 saturated heterocycles. The van der Waals surface area contributed by atoms with Gasteiger partial charge in [0.05, 0.1) is 12.1 Å². The second-order valence-corrected chi connectivity index (χ2v) is 3.79. The molecule has 2 unspecified atom stereocenters. The first-order valence-corrected chi connectivity index (χ1v) is 5.07. The molecule has 8 N–H and O–H groups in total. The lowest BCUT2D eigenvalue weighted by Crippen LogP contribution is -2.21. The molecule has 1 aromatic rings. The SMILES string of the molecule is NC(=O)CC(N)c1ccc(C(N)CC(N)=O)o1. The minimum absolute atomic E-state index is 0.0159. The summed E-state index contributed by atoms with van der Waals surface area (Å²) in [5, 5.41) is 0. The first kappa shape index (κ1) is 13.2. The Hall–Kier alpha value is -1.86. The monoisotopic (exact) mass is 240 g/mol. The molecule has 0 bridgehead atoms. The van der Waals surface area contributed by atoms with Crippen LogP contribution in [0.3, 0.4) is 0 Å². The molecule has 94 valence electrons. The molecular formula is C10H16N4O3. The van der Waals surface area contributed by atoms with Crippen LogP contribution in [0.15, 0.2) is 16.5 Å². The maximum atomic E-state index is 10.7. The molecule has 1 heterocycles. The van der Waals surface area contributed by atoms with Crippen LogP contribution in [-0.2, 0) is 9.59 Å². The maximum Gasteiger partial charge on any atom is 0.219 e. The van der Waals surface area contributed by atoms with Crippen molar-refractivity contribution in [3.63, 3.8) is 0 Å². The summed E-state index contributed by atoms with van der Waals surface area (Å²) in [6.07, 6.45) is -0.0317. The van der Waals surface area contributed by atoms with Crippen LogP contribution in [0.25, 0.3) is 0 Å². The van der Waals surface area contributed by atoms with E-state index in [1.807, 2.05) is 0 Å².